The van der Waals surface area contributed by atoms with Gasteiger partial charge in [0.1, 0.15) is 0 Å². The largest absolute Gasteiger partial charge is 0.387 e. The molecule has 1 aromatic carbocycles. The van der Waals surface area contributed by atoms with Gasteiger partial charge in [0.25, 0.3) is 0 Å². The van der Waals surface area contributed by atoms with Crippen LogP contribution in [0, 0.1) is 0 Å². The Hall–Kier alpha value is 0.0700. The molecule has 0 bridgehead atoms. The molecule has 19 heavy (non-hydrogen) atoms. The van der Waals surface area contributed by atoms with Gasteiger partial charge in [0, 0.05) is 33.4 Å². The summed E-state index contributed by atoms with van der Waals surface area (Å²) in [5.41, 5.74) is 0.688. The fourth-order valence-electron chi connectivity index (χ4n) is 2.34. The second-order valence-corrected chi connectivity index (χ2v) is 7.17. The zero-order chi connectivity index (χ0) is 13.9. The summed E-state index contributed by atoms with van der Waals surface area (Å²) in [5.74, 6) is 0. The van der Waals surface area contributed by atoms with E-state index in [0.717, 1.165) is 6.54 Å². The van der Waals surface area contributed by atoms with Crippen LogP contribution in [0.15, 0.2) is 18.2 Å². The Balaban J connectivity index is 1.87. The smallest absolute Gasteiger partial charge is 0.0929 e. The number of hydrogen-bond acceptors (Lipinski definition) is 3. The van der Waals surface area contributed by atoms with Crippen LogP contribution in [0.4, 0.5) is 0 Å². The molecule has 1 saturated carbocycles. The highest BCUT2D eigenvalue weighted by Crippen LogP contribution is 2.42. The summed E-state index contributed by atoms with van der Waals surface area (Å²) in [6, 6.07) is 5.17. The number of hydrogen-bond donors (Lipinski definition) is 2. The summed E-state index contributed by atoms with van der Waals surface area (Å²) in [6.45, 7) is 1.44. The molecule has 2 nitrogen and oxygen atoms in total. The van der Waals surface area contributed by atoms with E-state index in [1.165, 1.54) is 19.3 Å². The van der Waals surface area contributed by atoms with Crippen molar-refractivity contribution in [1.82, 2.24) is 5.32 Å². The Kier molecular flexibility index (Phi) is 5.44. The van der Waals surface area contributed by atoms with E-state index in [2.05, 4.69) is 11.6 Å². The highest BCUT2D eigenvalue weighted by Gasteiger charge is 2.35. The van der Waals surface area contributed by atoms with Crippen molar-refractivity contribution < 1.29 is 5.11 Å². The minimum absolute atomic E-state index is 0.373. The van der Waals surface area contributed by atoms with Gasteiger partial charge in [-0.2, -0.15) is 11.8 Å². The van der Waals surface area contributed by atoms with Crippen molar-refractivity contribution in [1.29, 1.82) is 0 Å². The van der Waals surface area contributed by atoms with Gasteiger partial charge >= 0.3 is 0 Å². The van der Waals surface area contributed by atoms with Crippen LogP contribution in [0.5, 0.6) is 0 Å². The van der Waals surface area contributed by atoms with E-state index in [1.54, 1.807) is 18.2 Å². The zero-order valence-corrected chi connectivity index (χ0v) is 13.3. The number of halogens is 2. The van der Waals surface area contributed by atoms with Crippen LogP contribution in [-0.2, 0) is 0 Å². The van der Waals surface area contributed by atoms with Crippen molar-refractivity contribution in [3.05, 3.63) is 33.8 Å². The van der Waals surface area contributed by atoms with E-state index >= 15 is 0 Å². The fourth-order valence-corrected chi connectivity index (χ4v) is 3.71. The van der Waals surface area contributed by atoms with E-state index in [4.69, 9.17) is 23.2 Å². The molecule has 2 rings (SSSR count). The van der Waals surface area contributed by atoms with Gasteiger partial charge in [-0.15, -0.1) is 0 Å². The quantitative estimate of drug-likeness (QED) is 0.834. The van der Waals surface area contributed by atoms with Gasteiger partial charge in [-0.1, -0.05) is 29.6 Å². The van der Waals surface area contributed by atoms with Crippen molar-refractivity contribution in [3.63, 3.8) is 0 Å². The van der Waals surface area contributed by atoms with Crippen molar-refractivity contribution in [3.8, 4) is 0 Å². The Morgan fingerprint density at radius 2 is 2.16 bits per heavy atom. The Morgan fingerprint density at radius 1 is 1.42 bits per heavy atom. The summed E-state index contributed by atoms with van der Waals surface area (Å²) in [7, 11) is 0. The van der Waals surface area contributed by atoms with Gasteiger partial charge in [-0.05, 0) is 37.3 Å². The van der Waals surface area contributed by atoms with Crippen molar-refractivity contribution in [2.75, 3.05) is 19.3 Å². The highest BCUT2D eigenvalue weighted by atomic mass is 35.5. The second kappa shape index (κ2) is 6.68. The first kappa shape index (κ1) is 15.5. The lowest BCUT2D eigenvalue weighted by Gasteiger charge is -2.40. The number of rotatable bonds is 6. The van der Waals surface area contributed by atoms with Crippen LogP contribution in [0.1, 0.15) is 30.9 Å². The summed E-state index contributed by atoms with van der Waals surface area (Å²) < 4.78 is 0.373. The standard InChI is InChI=1S/C14H19Cl2NOS/c1-19-14(5-2-6-14)9-17-8-13(18)11-7-10(15)3-4-12(11)16/h3-4,7,13,17-18H,2,5-6,8-9H2,1H3. The van der Waals surface area contributed by atoms with E-state index in [1.807, 2.05) is 11.8 Å². The number of thioether (sulfide) groups is 1. The fraction of sp³-hybridized carbons (Fsp3) is 0.571. The maximum absolute atomic E-state index is 10.2. The van der Waals surface area contributed by atoms with Gasteiger partial charge in [0.05, 0.1) is 6.10 Å². The van der Waals surface area contributed by atoms with E-state index < -0.39 is 6.10 Å². The monoisotopic (exact) mass is 319 g/mol. The Morgan fingerprint density at radius 3 is 2.74 bits per heavy atom. The molecule has 0 saturated heterocycles. The summed E-state index contributed by atoms with van der Waals surface area (Å²) in [6.07, 6.45) is 5.37. The number of benzene rings is 1. The summed E-state index contributed by atoms with van der Waals surface area (Å²) in [4.78, 5) is 0. The molecule has 1 aromatic rings. The Bertz CT molecular complexity index is 432. The molecule has 0 aromatic heterocycles. The highest BCUT2D eigenvalue weighted by molar-refractivity contribution is 8.00. The lowest BCUT2D eigenvalue weighted by atomic mass is 9.84. The van der Waals surface area contributed by atoms with Crippen LogP contribution in [0.25, 0.3) is 0 Å². The van der Waals surface area contributed by atoms with Gasteiger partial charge in [0.15, 0.2) is 0 Å². The van der Waals surface area contributed by atoms with Gasteiger partial charge in [-0.25, -0.2) is 0 Å². The van der Waals surface area contributed by atoms with E-state index in [9.17, 15) is 5.11 Å². The zero-order valence-electron chi connectivity index (χ0n) is 11.0. The van der Waals surface area contributed by atoms with Gasteiger partial charge < -0.3 is 10.4 Å². The van der Waals surface area contributed by atoms with Crippen LogP contribution in [0.3, 0.4) is 0 Å². The van der Waals surface area contributed by atoms with E-state index in [0.29, 0.717) is 26.9 Å². The first-order valence-electron chi connectivity index (χ1n) is 6.45. The molecule has 0 spiro atoms. The molecule has 2 N–H and O–H groups in total. The molecular formula is C14H19Cl2NOS. The maximum atomic E-state index is 10.2. The van der Waals surface area contributed by atoms with Crippen molar-refractivity contribution >= 4 is 35.0 Å². The second-order valence-electron chi connectivity index (χ2n) is 5.05. The minimum atomic E-state index is -0.620. The number of aliphatic hydroxyl groups is 1. The third-order valence-corrected chi connectivity index (χ3v) is 5.80. The topological polar surface area (TPSA) is 32.3 Å². The summed E-state index contributed by atoms with van der Waals surface area (Å²) >= 11 is 13.9. The Labute approximate surface area is 128 Å². The molecule has 0 heterocycles. The maximum Gasteiger partial charge on any atom is 0.0929 e. The van der Waals surface area contributed by atoms with E-state index in [-0.39, 0.29) is 0 Å². The molecular weight excluding hydrogens is 301 g/mol. The molecule has 0 amide bonds. The van der Waals surface area contributed by atoms with Crippen LogP contribution in [-0.4, -0.2) is 29.2 Å². The number of aliphatic hydroxyl groups excluding tert-OH is 1. The molecule has 1 aliphatic rings. The van der Waals surface area contributed by atoms with Crippen molar-refractivity contribution in [2.45, 2.75) is 30.1 Å². The van der Waals surface area contributed by atoms with Crippen molar-refractivity contribution in [2.24, 2.45) is 0 Å². The molecule has 1 aliphatic carbocycles. The predicted octanol–water partition coefficient (Wildman–Crippen LogP) is 3.90. The summed E-state index contributed by atoms with van der Waals surface area (Å²) in [5, 5.41) is 14.7. The minimum Gasteiger partial charge on any atom is -0.387 e. The normalized spacial score (nSPS) is 18.9. The van der Waals surface area contributed by atoms with Crippen LogP contribution < -0.4 is 5.32 Å². The van der Waals surface area contributed by atoms with Crippen LogP contribution >= 0.6 is 35.0 Å². The van der Waals surface area contributed by atoms with Crippen LogP contribution in [0.2, 0.25) is 10.0 Å². The molecule has 0 aliphatic heterocycles. The predicted molar refractivity (Wildman–Crippen MR) is 84.4 cm³/mol. The molecule has 1 unspecified atom stereocenters. The average Bonchev–Trinajstić information content (AvgIpc) is 2.35. The molecule has 0 radical (unpaired) electrons. The first-order chi connectivity index (χ1) is 9.06. The lowest BCUT2D eigenvalue weighted by Crippen LogP contribution is -2.44. The first-order valence-corrected chi connectivity index (χ1v) is 8.43. The third kappa shape index (κ3) is 3.79. The molecule has 1 fully saturated rings. The van der Waals surface area contributed by atoms with Gasteiger partial charge in [0.2, 0.25) is 0 Å². The SMILES string of the molecule is CSC1(CNCC(O)c2cc(Cl)ccc2Cl)CCC1. The molecule has 5 heteroatoms. The third-order valence-electron chi connectivity index (χ3n) is 3.80. The number of nitrogens with one attached hydrogen (secondary N) is 1. The molecule has 1 atom stereocenters. The lowest BCUT2D eigenvalue weighted by molar-refractivity contribution is 0.171. The molecule has 106 valence electrons. The van der Waals surface area contributed by atoms with Gasteiger partial charge in [-0.3, -0.25) is 0 Å². The average molecular weight is 320 g/mol.